The Morgan fingerprint density at radius 3 is 2.45 bits per heavy atom. The van der Waals surface area contributed by atoms with Crippen molar-refractivity contribution in [3.05, 3.63) is 65.7 Å². The molecule has 2 nitrogen and oxygen atoms in total. The standard InChI is InChI=1S/C19H11ClN2/c20-13-7-1-6-12(10-13)19-21-17-14-8-2-4-11-5-3-9-15(16(11)14)18(17)22-19/h1-10H,(H,21,22). The molecule has 0 aliphatic heterocycles. The molecular weight excluding hydrogens is 292 g/mol. The average Bonchev–Trinajstić information content (AvgIpc) is 3.09. The molecule has 4 aromatic rings. The summed E-state index contributed by atoms with van der Waals surface area (Å²) in [5, 5.41) is 3.26. The molecule has 1 aliphatic rings. The highest BCUT2D eigenvalue weighted by Crippen LogP contribution is 2.46. The molecule has 0 unspecified atom stereocenters. The monoisotopic (exact) mass is 302 g/mol. The summed E-state index contributed by atoms with van der Waals surface area (Å²) < 4.78 is 0. The summed E-state index contributed by atoms with van der Waals surface area (Å²) in [4.78, 5) is 8.30. The molecule has 0 saturated heterocycles. The third-order valence-corrected chi connectivity index (χ3v) is 4.47. The predicted molar refractivity (Wildman–Crippen MR) is 91.0 cm³/mol. The number of imidazole rings is 1. The molecule has 1 heterocycles. The Labute approximate surface area is 132 Å². The van der Waals surface area contributed by atoms with E-state index in [0.717, 1.165) is 27.8 Å². The van der Waals surface area contributed by atoms with E-state index in [1.165, 1.54) is 21.9 Å². The van der Waals surface area contributed by atoms with E-state index in [-0.39, 0.29) is 0 Å². The molecule has 1 aromatic heterocycles. The van der Waals surface area contributed by atoms with Gasteiger partial charge in [0.1, 0.15) is 5.82 Å². The van der Waals surface area contributed by atoms with Gasteiger partial charge in [-0.2, -0.15) is 0 Å². The molecule has 0 amide bonds. The van der Waals surface area contributed by atoms with E-state index in [1.54, 1.807) is 0 Å². The first-order valence-corrected chi connectivity index (χ1v) is 7.57. The third kappa shape index (κ3) is 1.53. The van der Waals surface area contributed by atoms with Gasteiger partial charge >= 0.3 is 0 Å². The number of hydrogen-bond donors (Lipinski definition) is 1. The van der Waals surface area contributed by atoms with E-state index < -0.39 is 0 Å². The second-order valence-corrected chi connectivity index (χ2v) is 5.97. The Kier molecular flexibility index (Phi) is 2.30. The molecule has 1 N–H and O–H groups in total. The Balaban J connectivity index is 1.79. The van der Waals surface area contributed by atoms with E-state index in [1.807, 2.05) is 24.3 Å². The molecule has 0 bridgehead atoms. The van der Waals surface area contributed by atoms with E-state index in [2.05, 4.69) is 41.4 Å². The normalized spacial score (nSPS) is 11.9. The number of halogens is 1. The van der Waals surface area contributed by atoms with Crippen LogP contribution in [0.4, 0.5) is 0 Å². The maximum atomic E-state index is 6.09. The molecule has 0 radical (unpaired) electrons. The van der Waals surface area contributed by atoms with E-state index in [0.29, 0.717) is 0 Å². The minimum atomic E-state index is 0.719. The van der Waals surface area contributed by atoms with Gasteiger partial charge in [-0.15, -0.1) is 0 Å². The molecule has 3 aromatic carbocycles. The zero-order valence-corrected chi connectivity index (χ0v) is 12.4. The Morgan fingerprint density at radius 2 is 1.64 bits per heavy atom. The lowest BCUT2D eigenvalue weighted by Crippen LogP contribution is -1.83. The number of fused-ring (bicyclic) bond motifs is 3. The van der Waals surface area contributed by atoms with Crippen molar-refractivity contribution < 1.29 is 0 Å². The van der Waals surface area contributed by atoms with Gasteiger partial charge in [0.25, 0.3) is 0 Å². The highest BCUT2D eigenvalue weighted by Gasteiger charge is 2.25. The molecule has 22 heavy (non-hydrogen) atoms. The summed E-state index contributed by atoms with van der Waals surface area (Å²) in [5.74, 6) is 0.860. The minimum Gasteiger partial charge on any atom is -0.337 e. The lowest BCUT2D eigenvalue weighted by atomic mass is 10.0. The van der Waals surface area contributed by atoms with Crippen molar-refractivity contribution in [2.75, 3.05) is 0 Å². The lowest BCUT2D eigenvalue weighted by molar-refractivity contribution is 1.31. The van der Waals surface area contributed by atoms with Crippen LogP contribution in [0, 0.1) is 0 Å². The summed E-state index contributed by atoms with van der Waals surface area (Å²) >= 11 is 6.09. The molecular formula is C19H11ClN2. The smallest absolute Gasteiger partial charge is 0.138 e. The maximum Gasteiger partial charge on any atom is 0.138 e. The predicted octanol–water partition coefficient (Wildman–Crippen LogP) is 5.53. The van der Waals surface area contributed by atoms with Gasteiger partial charge in [0, 0.05) is 27.1 Å². The summed E-state index contributed by atoms with van der Waals surface area (Å²) in [6, 6.07) is 20.5. The zero-order valence-electron chi connectivity index (χ0n) is 11.6. The quantitative estimate of drug-likeness (QED) is 0.433. The summed E-state index contributed by atoms with van der Waals surface area (Å²) in [7, 11) is 0. The Bertz CT molecular complexity index is 990. The molecule has 0 spiro atoms. The van der Waals surface area contributed by atoms with E-state index in [9.17, 15) is 0 Å². The number of aromatic amines is 1. The summed E-state index contributed by atoms with van der Waals surface area (Å²) in [5.41, 5.74) is 5.56. The third-order valence-electron chi connectivity index (χ3n) is 4.23. The first-order chi connectivity index (χ1) is 10.8. The lowest BCUT2D eigenvalue weighted by Gasteiger charge is -2.02. The van der Waals surface area contributed by atoms with Crippen LogP contribution >= 0.6 is 11.6 Å². The second kappa shape index (κ2) is 4.21. The van der Waals surface area contributed by atoms with Crippen LogP contribution in [-0.4, -0.2) is 9.97 Å². The number of benzene rings is 3. The van der Waals surface area contributed by atoms with E-state index in [4.69, 9.17) is 16.6 Å². The highest BCUT2D eigenvalue weighted by atomic mass is 35.5. The molecule has 104 valence electrons. The van der Waals surface area contributed by atoms with Crippen molar-refractivity contribution in [2.45, 2.75) is 0 Å². The summed E-state index contributed by atoms with van der Waals surface area (Å²) in [6.07, 6.45) is 0. The molecule has 3 heteroatoms. The summed E-state index contributed by atoms with van der Waals surface area (Å²) in [6.45, 7) is 0. The second-order valence-electron chi connectivity index (χ2n) is 5.53. The molecule has 0 atom stereocenters. The van der Waals surface area contributed by atoms with Crippen LogP contribution < -0.4 is 0 Å². The van der Waals surface area contributed by atoms with Crippen LogP contribution in [0.1, 0.15) is 0 Å². The molecule has 1 aliphatic carbocycles. The largest absolute Gasteiger partial charge is 0.337 e. The fourth-order valence-corrected chi connectivity index (χ4v) is 3.47. The van der Waals surface area contributed by atoms with Crippen molar-refractivity contribution in [1.82, 2.24) is 9.97 Å². The van der Waals surface area contributed by atoms with Crippen molar-refractivity contribution in [3.63, 3.8) is 0 Å². The van der Waals surface area contributed by atoms with Crippen molar-refractivity contribution >= 4 is 22.4 Å². The average molecular weight is 303 g/mol. The Hall–Kier alpha value is -2.58. The van der Waals surface area contributed by atoms with Gasteiger partial charge < -0.3 is 4.98 Å². The number of nitrogens with zero attached hydrogens (tertiary/aromatic N) is 1. The van der Waals surface area contributed by atoms with Gasteiger partial charge in [-0.05, 0) is 17.5 Å². The molecule has 5 rings (SSSR count). The molecule has 0 saturated carbocycles. The van der Waals surface area contributed by atoms with Crippen molar-refractivity contribution in [3.8, 4) is 33.9 Å². The SMILES string of the molecule is Clc1cccc(-c2nc3c([nH]2)-c2cccc4cccc-3c24)c1. The number of hydrogen-bond acceptors (Lipinski definition) is 1. The van der Waals surface area contributed by atoms with Crippen molar-refractivity contribution in [2.24, 2.45) is 0 Å². The van der Waals surface area contributed by atoms with Crippen molar-refractivity contribution in [1.29, 1.82) is 0 Å². The van der Waals surface area contributed by atoms with Crippen LogP contribution in [0.2, 0.25) is 5.02 Å². The van der Waals surface area contributed by atoms with Gasteiger partial charge in [0.15, 0.2) is 0 Å². The van der Waals surface area contributed by atoms with Gasteiger partial charge in [0.2, 0.25) is 0 Å². The van der Waals surface area contributed by atoms with Crippen LogP contribution in [0.15, 0.2) is 60.7 Å². The van der Waals surface area contributed by atoms with Gasteiger partial charge in [0.05, 0.1) is 11.4 Å². The van der Waals surface area contributed by atoms with Crippen LogP contribution in [-0.2, 0) is 0 Å². The fourth-order valence-electron chi connectivity index (χ4n) is 3.28. The Morgan fingerprint density at radius 1 is 0.864 bits per heavy atom. The number of nitrogens with one attached hydrogen (secondary N) is 1. The maximum absolute atomic E-state index is 6.09. The topological polar surface area (TPSA) is 28.7 Å². The van der Waals surface area contributed by atoms with Crippen LogP contribution in [0.5, 0.6) is 0 Å². The van der Waals surface area contributed by atoms with Crippen LogP contribution in [0.25, 0.3) is 44.7 Å². The first kappa shape index (κ1) is 12.0. The zero-order chi connectivity index (χ0) is 14.7. The minimum absolute atomic E-state index is 0.719. The van der Waals surface area contributed by atoms with Gasteiger partial charge in [-0.3, -0.25) is 0 Å². The van der Waals surface area contributed by atoms with Crippen LogP contribution in [0.3, 0.4) is 0 Å². The molecule has 0 fully saturated rings. The number of rotatable bonds is 1. The van der Waals surface area contributed by atoms with Gasteiger partial charge in [-0.25, -0.2) is 4.98 Å². The number of aromatic nitrogens is 2. The highest BCUT2D eigenvalue weighted by molar-refractivity contribution is 6.30. The van der Waals surface area contributed by atoms with Gasteiger partial charge in [-0.1, -0.05) is 60.1 Å². The fraction of sp³-hybridized carbons (Fsp3) is 0. The first-order valence-electron chi connectivity index (χ1n) is 7.20. The van der Waals surface area contributed by atoms with E-state index >= 15 is 0 Å². The number of H-pyrrole nitrogens is 1.